The van der Waals surface area contributed by atoms with Crippen molar-refractivity contribution in [3.63, 3.8) is 0 Å². The van der Waals surface area contributed by atoms with Gasteiger partial charge < -0.3 is 9.26 Å². The Bertz CT molecular complexity index is 1140. The van der Waals surface area contributed by atoms with Crippen molar-refractivity contribution in [2.24, 2.45) is 5.41 Å². The predicted molar refractivity (Wildman–Crippen MR) is 107 cm³/mol. The Balaban J connectivity index is 1.66. The second-order valence-corrected chi connectivity index (χ2v) is 8.12. The summed E-state index contributed by atoms with van der Waals surface area (Å²) in [5, 5.41) is 12.7. The zero-order chi connectivity index (χ0) is 19.9. The van der Waals surface area contributed by atoms with Crippen LogP contribution in [0.15, 0.2) is 40.9 Å². The summed E-state index contributed by atoms with van der Waals surface area (Å²) in [6.07, 6.45) is 0. The zero-order valence-corrected chi connectivity index (χ0v) is 16.7. The average molecular weight is 377 g/mol. The van der Waals surface area contributed by atoms with Gasteiger partial charge in [-0.1, -0.05) is 31.1 Å². The van der Waals surface area contributed by atoms with E-state index in [1.807, 2.05) is 48.0 Å². The molecule has 0 N–H and O–H groups in total. The standard InChI is InChI=1S/C21H23N5O2/c1-13-10-15(27-5)7-8-16(13)19-22-20(28-24-19)14-6-9-18-17(11-14)23-25-26(18)12-21(2,3)4/h6-11H,12H2,1-5H3. The van der Waals surface area contributed by atoms with E-state index in [1.54, 1.807) is 7.11 Å². The number of benzene rings is 2. The molecule has 0 atom stereocenters. The van der Waals surface area contributed by atoms with Crippen LogP contribution in [-0.4, -0.2) is 32.2 Å². The first-order valence-electron chi connectivity index (χ1n) is 9.16. The van der Waals surface area contributed by atoms with Crippen molar-refractivity contribution in [1.82, 2.24) is 25.1 Å². The molecule has 0 fully saturated rings. The number of methoxy groups -OCH3 is 1. The summed E-state index contributed by atoms with van der Waals surface area (Å²) in [5.74, 6) is 1.80. The van der Waals surface area contributed by atoms with Crippen molar-refractivity contribution in [2.75, 3.05) is 7.11 Å². The van der Waals surface area contributed by atoms with E-state index in [-0.39, 0.29) is 5.41 Å². The molecule has 0 saturated carbocycles. The van der Waals surface area contributed by atoms with Crippen LogP contribution in [-0.2, 0) is 6.54 Å². The van der Waals surface area contributed by atoms with E-state index in [4.69, 9.17) is 9.26 Å². The summed E-state index contributed by atoms with van der Waals surface area (Å²) >= 11 is 0. The van der Waals surface area contributed by atoms with E-state index in [9.17, 15) is 0 Å². The zero-order valence-electron chi connectivity index (χ0n) is 16.7. The van der Waals surface area contributed by atoms with Gasteiger partial charge in [0.15, 0.2) is 0 Å². The topological polar surface area (TPSA) is 78.9 Å². The van der Waals surface area contributed by atoms with Crippen molar-refractivity contribution in [1.29, 1.82) is 0 Å². The lowest BCUT2D eigenvalue weighted by atomic mass is 9.97. The molecule has 0 bridgehead atoms. The maximum absolute atomic E-state index is 5.51. The molecule has 4 aromatic rings. The Morgan fingerprint density at radius 3 is 2.64 bits per heavy atom. The minimum atomic E-state index is 0.122. The van der Waals surface area contributed by atoms with Gasteiger partial charge in [0, 0.05) is 17.7 Å². The lowest BCUT2D eigenvalue weighted by molar-refractivity contribution is 0.327. The molecule has 0 aliphatic carbocycles. The third-order valence-corrected chi connectivity index (χ3v) is 4.49. The quantitative estimate of drug-likeness (QED) is 0.520. The van der Waals surface area contributed by atoms with E-state index in [0.29, 0.717) is 11.7 Å². The molecule has 144 valence electrons. The van der Waals surface area contributed by atoms with Crippen LogP contribution in [0.4, 0.5) is 0 Å². The van der Waals surface area contributed by atoms with Gasteiger partial charge in [0.25, 0.3) is 5.89 Å². The number of aryl methyl sites for hydroxylation is 1. The lowest BCUT2D eigenvalue weighted by Gasteiger charge is -2.17. The number of aromatic nitrogens is 5. The third kappa shape index (κ3) is 3.47. The van der Waals surface area contributed by atoms with Crippen LogP contribution >= 0.6 is 0 Å². The highest BCUT2D eigenvalue weighted by atomic mass is 16.5. The van der Waals surface area contributed by atoms with Crippen molar-refractivity contribution in [3.05, 3.63) is 42.0 Å². The smallest absolute Gasteiger partial charge is 0.258 e. The first-order valence-corrected chi connectivity index (χ1v) is 9.16. The summed E-state index contributed by atoms with van der Waals surface area (Å²) in [4.78, 5) is 4.57. The summed E-state index contributed by atoms with van der Waals surface area (Å²) in [6, 6.07) is 11.7. The van der Waals surface area contributed by atoms with Gasteiger partial charge in [0.2, 0.25) is 5.82 Å². The van der Waals surface area contributed by atoms with E-state index in [2.05, 4.69) is 41.2 Å². The molecule has 0 amide bonds. The van der Waals surface area contributed by atoms with Gasteiger partial charge >= 0.3 is 0 Å². The molecule has 7 nitrogen and oxygen atoms in total. The van der Waals surface area contributed by atoms with Gasteiger partial charge in [-0.3, -0.25) is 0 Å². The fourth-order valence-electron chi connectivity index (χ4n) is 3.14. The SMILES string of the molecule is COc1ccc(-c2noc(-c3ccc4c(c3)nnn4CC(C)(C)C)n2)c(C)c1. The Morgan fingerprint density at radius 2 is 1.93 bits per heavy atom. The normalized spacial score (nSPS) is 11.9. The van der Waals surface area contributed by atoms with Crippen LogP contribution < -0.4 is 4.74 Å². The van der Waals surface area contributed by atoms with Gasteiger partial charge in [0.1, 0.15) is 11.3 Å². The molecule has 0 radical (unpaired) electrons. The molecule has 2 aromatic carbocycles. The molecule has 0 spiro atoms. The molecule has 0 saturated heterocycles. The Labute approximate surface area is 163 Å². The van der Waals surface area contributed by atoms with Gasteiger partial charge in [-0.25, -0.2) is 4.68 Å². The van der Waals surface area contributed by atoms with E-state index in [1.165, 1.54) is 0 Å². The van der Waals surface area contributed by atoms with Crippen LogP contribution in [0.5, 0.6) is 5.75 Å². The van der Waals surface area contributed by atoms with E-state index >= 15 is 0 Å². The highest BCUT2D eigenvalue weighted by Crippen LogP contribution is 2.28. The monoisotopic (exact) mass is 377 g/mol. The fourth-order valence-corrected chi connectivity index (χ4v) is 3.14. The number of hydrogen-bond donors (Lipinski definition) is 0. The highest BCUT2D eigenvalue weighted by Gasteiger charge is 2.17. The summed E-state index contributed by atoms with van der Waals surface area (Å²) in [6.45, 7) is 9.32. The van der Waals surface area contributed by atoms with Crippen LogP contribution in [0.3, 0.4) is 0 Å². The summed E-state index contributed by atoms with van der Waals surface area (Å²) < 4.78 is 12.7. The molecule has 0 aliphatic heterocycles. The Kier molecular flexibility index (Phi) is 4.37. The maximum atomic E-state index is 5.51. The number of fused-ring (bicyclic) bond motifs is 1. The molecule has 4 rings (SSSR count). The number of nitrogens with zero attached hydrogens (tertiary/aromatic N) is 5. The second-order valence-electron chi connectivity index (χ2n) is 8.12. The number of hydrogen-bond acceptors (Lipinski definition) is 6. The predicted octanol–water partition coefficient (Wildman–Crippen LogP) is 4.51. The third-order valence-electron chi connectivity index (χ3n) is 4.49. The lowest BCUT2D eigenvalue weighted by Crippen LogP contribution is -2.16. The van der Waals surface area contributed by atoms with Crippen LogP contribution in [0.2, 0.25) is 0 Å². The van der Waals surface area contributed by atoms with Crippen LogP contribution in [0.25, 0.3) is 33.9 Å². The first kappa shape index (κ1) is 18.2. The molecule has 7 heteroatoms. The van der Waals surface area contributed by atoms with Crippen LogP contribution in [0, 0.1) is 12.3 Å². The summed E-state index contributed by atoms with van der Waals surface area (Å²) in [7, 11) is 1.65. The van der Waals surface area contributed by atoms with Crippen molar-refractivity contribution in [2.45, 2.75) is 34.2 Å². The van der Waals surface area contributed by atoms with Gasteiger partial charge in [0.05, 0.1) is 12.6 Å². The van der Waals surface area contributed by atoms with Gasteiger partial charge in [-0.2, -0.15) is 4.98 Å². The minimum Gasteiger partial charge on any atom is -0.497 e. The molecule has 2 aromatic heterocycles. The molecule has 0 unspecified atom stereocenters. The molecule has 0 aliphatic rings. The van der Waals surface area contributed by atoms with Gasteiger partial charge in [-0.05, 0) is 54.3 Å². The van der Waals surface area contributed by atoms with E-state index in [0.717, 1.165) is 40.0 Å². The highest BCUT2D eigenvalue weighted by molar-refractivity contribution is 5.80. The second kappa shape index (κ2) is 6.74. The van der Waals surface area contributed by atoms with Crippen molar-refractivity contribution in [3.8, 4) is 28.6 Å². The molecule has 28 heavy (non-hydrogen) atoms. The minimum absolute atomic E-state index is 0.122. The molecular weight excluding hydrogens is 354 g/mol. The average Bonchev–Trinajstić information content (AvgIpc) is 3.27. The largest absolute Gasteiger partial charge is 0.497 e. The Morgan fingerprint density at radius 1 is 1.11 bits per heavy atom. The van der Waals surface area contributed by atoms with Crippen LogP contribution in [0.1, 0.15) is 26.3 Å². The maximum Gasteiger partial charge on any atom is 0.258 e. The van der Waals surface area contributed by atoms with Gasteiger partial charge in [-0.15, -0.1) is 5.10 Å². The number of ether oxygens (including phenoxy) is 1. The first-order chi connectivity index (χ1) is 13.3. The molecular formula is C21H23N5O2. The summed E-state index contributed by atoms with van der Waals surface area (Å²) in [5.41, 5.74) is 4.67. The molecule has 2 heterocycles. The van der Waals surface area contributed by atoms with Crippen molar-refractivity contribution >= 4 is 11.0 Å². The Hall–Kier alpha value is -3.22. The van der Waals surface area contributed by atoms with E-state index < -0.39 is 0 Å². The number of rotatable bonds is 4. The van der Waals surface area contributed by atoms with Crippen molar-refractivity contribution < 1.29 is 9.26 Å². The fraction of sp³-hybridized carbons (Fsp3) is 0.333.